The molecule has 0 saturated carbocycles. The van der Waals surface area contributed by atoms with Crippen LogP contribution in [0.15, 0.2) is 0 Å². The quantitative estimate of drug-likeness (QED) is 0.444. The summed E-state index contributed by atoms with van der Waals surface area (Å²) < 4.78 is 5.30. The van der Waals surface area contributed by atoms with Crippen molar-refractivity contribution >= 4 is 5.78 Å². The first-order valence-electron chi connectivity index (χ1n) is 7.40. The average molecular weight is 242 g/mol. The second-order valence-corrected chi connectivity index (χ2v) is 4.77. The highest BCUT2D eigenvalue weighted by atomic mass is 16.5. The second-order valence-electron chi connectivity index (χ2n) is 4.77. The van der Waals surface area contributed by atoms with Gasteiger partial charge in [-0.2, -0.15) is 0 Å². The normalized spacial score (nSPS) is 10.7. The van der Waals surface area contributed by atoms with Gasteiger partial charge in [0.05, 0.1) is 0 Å². The number of ether oxygens (including phenoxy) is 1. The molecule has 0 unspecified atom stereocenters. The summed E-state index contributed by atoms with van der Waals surface area (Å²) in [4.78, 5) is 10.9. The average Bonchev–Trinajstić information content (AvgIpc) is 2.35. The van der Waals surface area contributed by atoms with Crippen molar-refractivity contribution in [3.8, 4) is 0 Å². The predicted molar refractivity (Wildman–Crippen MR) is 73.3 cm³/mol. The molecule has 0 aromatic rings. The Labute approximate surface area is 107 Å². The summed E-state index contributed by atoms with van der Waals surface area (Å²) in [6.07, 6.45) is 12.5. The minimum absolute atomic E-state index is 0.209. The molecule has 0 radical (unpaired) electrons. The van der Waals surface area contributed by atoms with Crippen LogP contribution in [-0.2, 0) is 9.53 Å². The van der Waals surface area contributed by atoms with E-state index in [-0.39, 0.29) is 5.78 Å². The molecule has 0 aromatic carbocycles. The summed E-state index contributed by atoms with van der Waals surface area (Å²) in [5.74, 6) is 0.209. The molecule has 2 nitrogen and oxygen atoms in total. The molecule has 0 aromatic heterocycles. The van der Waals surface area contributed by atoms with Gasteiger partial charge in [-0.05, 0) is 6.42 Å². The smallest absolute Gasteiger partial charge is 0.158 e. The van der Waals surface area contributed by atoms with E-state index in [0.717, 1.165) is 13.0 Å². The Morgan fingerprint density at radius 3 is 1.88 bits per heavy atom. The van der Waals surface area contributed by atoms with Crippen LogP contribution in [0.3, 0.4) is 0 Å². The van der Waals surface area contributed by atoms with Gasteiger partial charge in [0.25, 0.3) is 0 Å². The maximum Gasteiger partial charge on any atom is 0.158 e. The third kappa shape index (κ3) is 13.6. The van der Waals surface area contributed by atoms with Crippen molar-refractivity contribution < 1.29 is 9.53 Å². The number of hydrogen-bond acceptors (Lipinski definition) is 2. The number of carbonyl (C=O) groups is 1. The molecule has 2 heteroatoms. The van der Waals surface area contributed by atoms with Crippen LogP contribution in [-0.4, -0.2) is 19.0 Å². The minimum atomic E-state index is 0.209. The van der Waals surface area contributed by atoms with Crippen molar-refractivity contribution in [2.45, 2.75) is 78.1 Å². The van der Waals surface area contributed by atoms with E-state index >= 15 is 0 Å². The number of carbonyl (C=O) groups excluding carboxylic acids is 1. The summed E-state index contributed by atoms with van der Waals surface area (Å²) in [7, 11) is 0. The lowest BCUT2D eigenvalue weighted by molar-refractivity contribution is -0.123. The zero-order valence-electron chi connectivity index (χ0n) is 11.8. The third-order valence-electron chi connectivity index (χ3n) is 3.05. The van der Waals surface area contributed by atoms with E-state index in [1.54, 1.807) is 0 Å². The Kier molecular flexibility index (Phi) is 13.4. The molecule has 0 bridgehead atoms. The Balaban J connectivity index is 2.96. The molecular formula is C15H30O2. The zero-order chi connectivity index (χ0) is 12.8. The van der Waals surface area contributed by atoms with Gasteiger partial charge in [-0.25, -0.2) is 0 Å². The van der Waals surface area contributed by atoms with Crippen LogP contribution >= 0.6 is 0 Å². The standard InChI is InChI=1S/C15H30O2/c1-3-5-6-7-8-9-10-11-12-13-17-14-15(16)4-2/h3-14H2,1-2H3. The summed E-state index contributed by atoms with van der Waals surface area (Å²) >= 11 is 0. The van der Waals surface area contributed by atoms with Crippen LogP contribution in [0.4, 0.5) is 0 Å². The lowest BCUT2D eigenvalue weighted by Crippen LogP contribution is -2.07. The van der Waals surface area contributed by atoms with E-state index in [9.17, 15) is 4.79 Å². The van der Waals surface area contributed by atoms with Crippen LogP contribution < -0.4 is 0 Å². The molecular weight excluding hydrogens is 212 g/mol. The van der Waals surface area contributed by atoms with Crippen LogP contribution in [0, 0.1) is 0 Å². The van der Waals surface area contributed by atoms with Crippen molar-refractivity contribution in [2.75, 3.05) is 13.2 Å². The Morgan fingerprint density at radius 2 is 1.35 bits per heavy atom. The Morgan fingerprint density at radius 1 is 0.824 bits per heavy atom. The maximum atomic E-state index is 10.9. The lowest BCUT2D eigenvalue weighted by atomic mass is 10.1. The Bertz CT molecular complexity index is 166. The van der Waals surface area contributed by atoms with Gasteiger partial charge >= 0.3 is 0 Å². The third-order valence-corrected chi connectivity index (χ3v) is 3.05. The highest BCUT2D eigenvalue weighted by molar-refractivity contribution is 5.79. The first-order chi connectivity index (χ1) is 8.31. The van der Waals surface area contributed by atoms with Crippen molar-refractivity contribution in [3.63, 3.8) is 0 Å². The molecule has 0 amide bonds. The molecule has 0 N–H and O–H groups in total. The predicted octanol–water partition coefficient (Wildman–Crippen LogP) is 4.51. The van der Waals surface area contributed by atoms with E-state index in [1.807, 2.05) is 6.92 Å². The first kappa shape index (κ1) is 16.6. The van der Waals surface area contributed by atoms with Crippen molar-refractivity contribution in [2.24, 2.45) is 0 Å². The number of rotatable bonds is 13. The lowest BCUT2D eigenvalue weighted by Gasteiger charge is -2.03. The van der Waals surface area contributed by atoms with Crippen LogP contribution in [0.1, 0.15) is 78.1 Å². The van der Waals surface area contributed by atoms with Crippen LogP contribution in [0.25, 0.3) is 0 Å². The summed E-state index contributed by atoms with van der Waals surface area (Å²) in [6, 6.07) is 0. The summed E-state index contributed by atoms with van der Waals surface area (Å²) in [5.41, 5.74) is 0. The summed E-state index contributed by atoms with van der Waals surface area (Å²) in [5, 5.41) is 0. The SMILES string of the molecule is CCCCCCCCCCCOCC(=O)CC. The second kappa shape index (κ2) is 13.7. The highest BCUT2D eigenvalue weighted by Gasteiger charge is 1.97. The molecule has 0 aliphatic carbocycles. The fourth-order valence-corrected chi connectivity index (χ4v) is 1.80. The molecule has 0 aliphatic rings. The number of hydrogen-bond donors (Lipinski definition) is 0. The van der Waals surface area contributed by atoms with Crippen LogP contribution in [0.2, 0.25) is 0 Å². The maximum absolute atomic E-state index is 10.9. The molecule has 0 aliphatic heterocycles. The van der Waals surface area contributed by atoms with Crippen LogP contribution in [0.5, 0.6) is 0 Å². The fraction of sp³-hybridized carbons (Fsp3) is 0.933. The summed E-state index contributed by atoms with van der Waals surface area (Å²) in [6.45, 7) is 5.20. The number of unbranched alkanes of at least 4 members (excludes halogenated alkanes) is 8. The number of Topliss-reactive ketones (excluding diaryl/α,β-unsaturated/α-hetero) is 1. The van der Waals surface area contributed by atoms with E-state index in [4.69, 9.17) is 4.74 Å². The van der Waals surface area contributed by atoms with Gasteiger partial charge in [0.15, 0.2) is 5.78 Å². The van der Waals surface area contributed by atoms with Gasteiger partial charge in [0.2, 0.25) is 0 Å². The van der Waals surface area contributed by atoms with Gasteiger partial charge in [0.1, 0.15) is 6.61 Å². The monoisotopic (exact) mass is 242 g/mol. The molecule has 0 heterocycles. The molecule has 0 spiro atoms. The highest BCUT2D eigenvalue weighted by Crippen LogP contribution is 2.09. The molecule has 0 atom stereocenters. The fourth-order valence-electron chi connectivity index (χ4n) is 1.80. The van der Waals surface area contributed by atoms with Gasteiger partial charge < -0.3 is 4.74 Å². The minimum Gasteiger partial charge on any atom is -0.374 e. The largest absolute Gasteiger partial charge is 0.374 e. The van der Waals surface area contributed by atoms with Gasteiger partial charge in [-0.1, -0.05) is 65.2 Å². The first-order valence-corrected chi connectivity index (χ1v) is 7.40. The van der Waals surface area contributed by atoms with Crippen molar-refractivity contribution in [1.29, 1.82) is 0 Å². The van der Waals surface area contributed by atoms with E-state index in [1.165, 1.54) is 51.4 Å². The van der Waals surface area contributed by atoms with Gasteiger partial charge in [-0.15, -0.1) is 0 Å². The molecule has 0 saturated heterocycles. The van der Waals surface area contributed by atoms with E-state index < -0.39 is 0 Å². The van der Waals surface area contributed by atoms with Crippen molar-refractivity contribution in [1.82, 2.24) is 0 Å². The molecule has 17 heavy (non-hydrogen) atoms. The van der Waals surface area contributed by atoms with E-state index in [2.05, 4.69) is 6.92 Å². The van der Waals surface area contributed by atoms with Crippen molar-refractivity contribution in [3.05, 3.63) is 0 Å². The zero-order valence-corrected chi connectivity index (χ0v) is 11.8. The molecule has 102 valence electrons. The van der Waals surface area contributed by atoms with Gasteiger partial charge in [0, 0.05) is 13.0 Å². The number of ketones is 1. The van der Waals surface area contributed by atoms with Gasteiger partial charge in [-0.3, -0.25) is 4.79 Å². The van der Waals surface area contributed by atoms with E-state index in [0.29, 0.717) is 13.0 Å². The molecule has 0 rings (SSSR count). The Hall–Kier alpha value is -0.370. The topological polar surface area (TPSA) is 26.3 Å². The molecule has 0 fully saturated rings.